The normalized spacial score (nSPS) is 16.6. The standard InChI is InChI=1S/C17H21N7/c1-11-14-7-12(8-19-17(14)23-22-11)15-9-18-10-20-16(15)21-13-3-5-24(2)6-4-13/h7-10,13H,3-6H2,1-2H3,(H,18,20,21)(H,19,22,23). The van der Waals surface area contributed by atoms with E-state index in [1.54, 1.807) is 6.33 Å². The molecule has 24 heavy (non-hydrogen) atoms. The molecule has 7 nitrogen and oxygen atoms in total. The van der Waals surface area contributed by atoms with Gasteiger partial charge in [-0.05, 0) is 46.0 Å². The van der Waals surface area contributed by atoms with Gasteiger partial charge in [-0.25, -0.2) is 15.0 Å². The van der Waals surface area contributed by atoms with Crippen LogP contribution in [0.15, 0.2) is 24.8 Å². The monoisotopic (exact) mass is 323 g/mol. The fourth-order valence-corrected chi connectivity index (χ4v) is 3.18. The van der Waals surface area contributed by atoms with Crippen LogP contribution in [0.1, 0.15) is 18.5 Å². The summed E-state index contributed by atoms with van der Waals surface area (Å²) in [5.74, 6) is 0.877. The lowest BCUT2D eigenvalue weighted by atomic mass is 10.0. The molecule has 0 aromatic carbocycles. The van der Waals surface area contributed by atoms with Crippen molar-refractivity contribution in [1.82, 2.24) is 30.0 Å². The molecule has 124 valence electrons. The minimum absolute atomic E-state index is 0.446. The zero-order valence-electron chi connectivity index (χ0n) is 14.0. The highest BCUT2D eigenvalue weighted by Crippen LogP contribution is 2.28. The van der Waals surface area contributed by atoms with Crippen molar-refractivity contribution in [2.45, 2.75) is 25.8 Å². The molecule has 4 heterocycles. The van der Waals surface area contributed by atoms with Gasteiger partial charge in [-0.1, -0.05) is 0 Å². The zero-order chi connectivity index (χ0) is 16.5. The molecule has 3 aromatic heterocycles. The number of hydrogen-bond donors (Lipinski definition) is 2. The summed E-state index contributed by atoms with van der Waals surface area (Å²) in [6, 6.07) is 2.54. The first-order valence-corrected chi connectivity index (χ1v) is 8.27. The second-order valence-electron chi connectivity index (χ2n) is 6.44. The van der Waals surface area contributed by atoms with Gasteiger partial charge in [-0.3, -0.25) is 5.10 Å². The Balaban J connectivity index is 1.66. The van der Waals surface area contributed by atoms with Crippen LogP contribution in [0.3, 0.4) is 0 Å². The minimum atomic E-state index is 0.446. The third-order valence-corrected chi connectivity index (χ3v) is 4.69. The molecule has 0 atom stereocenters. The number of hydrogen-bond acceptors (Lipinski definition) is 6. The third kappa shape index (κ3) is 2.82. The third-order valence-electron chi connectivity index (χ3n) is 4.69. The number of piperidine rings is 1. The fraction of sp³-hybridized carbons (Fsp3) is 0.412. The van der Waals surface area contributed by atoms with Crippen LogP contribution < -0.4 is 5.32 Å². The van der Waals surface area contributed by atoms with Crippen LogP contribution in [-0.4, -0.2) is 56.2 Å². The van der Waals surface area contributed by atoms with Crippen LogP contribution in [0, 0.1) is 6.92 Å². The van der Waals surface area contributed by atoms with Crippen LogP contribution >= 0.6 is 0 Å². The number of aromatic amines is 1. The van der Waals surface area contributed by atoms with Crippen LogP contribution in [0.5, 0.6) is 0 Å². The number of fused-ring (bicyclic) bond motifs is 1. The first-order valence-electron chi connectivity index (χ1n) is 8.27. The molecule has 0 radical (unpaired) electrons. The van der Waals surface area contributed by atoms with Gasteiger partial charge in [0.25, 0.3) is 0 Å². The number of aromatic nitrogens is 5. The number of aryl methyl sites for hydroxylation is 1. The van der Waals surface area contributed by atoms with Gasteiger partial charge < -0.3 is 10.2 Å². The van der Waals surface area contributed by atoms with Gasteiger partial charge in [-0.2, -0.15) is 5.10 Å². The molecule has 2 N–H and O–H groups in total. The second-order valence-corrected chi connectivity index (χ2v) is 6.44. The molecule has 0 aliphatic carbocycles. The maximum Gasteiger partial charge on any atom is 0.155 e. The van der Waals surface area contributed by atoms with Crippen LogP contribution in [0.2, 0.25) is 0 Å². The lowest BCUT2D eigenvalue weighted by molar-refractivity contribution is 0.263. The first-order chi connectivity index (χ1) is 11.7. The van der Waals surface area contributed by atoms with Crippen molar-refractivity contribution in [2.75, 3.05) is 25.5 Å². The molecular formula is C17H21N7. The highest BCUT2D eigenvalue weighted by atomic mass is 15.1. The molecule has 1 saturated heterocycles. The minimum Gasteiger partial charge on any atom is -0.367 e. The topological polar surface area (TPSA) is 82.6 Å². The van der Waals surface area contributed by atoms with E-state index in [1.165, 1.54) is 0 Å². The quantitative estimate of drug-likeness (QED) is 0.769. The van der Waals surface area contributed by atoms with E-state index in [-0.39, 0.29) is 0 Å². The zero-order valence-corrected chi connectivity index (χ0v) is 14.0. The Morgan fingerprint density at radius 1 is 1.21 bits per heavy atom. The van der Waals surface area contributed by atoms with Crippen molar-refractivity contribution in [3.63, 3.8) is 0 Å². The number of likely N-dealkylation sites (tertiary alicyclic amines) is 1. The molecule has 0 unspecified atom stereocenters. The smallest absolute Gasteiger partial charge is 0.155 e. The van der Waals surface area contributed by atoms with E-state index in [0.29, 0.717) is 6.04 Å². The number of H-pyrrole nitrogens is 1. The summed E-state index contributed by atoms with van der Waals surface area (Å²) in [6.07, 6.45) is 7.53. The molecule has 0 bridgehead atoms. The van der Waals surface area contributed by atoms with Gasteiger partial charge >= 0.3 is 0 Å². The Labute approximate surface area is 140 Å². The molecule has 0 saturated carbocycles. The van der Waals surface area contributed by atoms with Crippen molar-refractivity contribution in [3.05, 3.63) is 30.5 Å². The number of nitrogens with zero attached hydrogens (tertiary/aromatic N) is 5. The summed E-state index contributed by atoms with van der Waals surface area (Å²) in [4.78, 5) is 15.5. The summed E-state index contributed by atoms with van der Waals surface area (Å²) >= 11 is 0. The summed E-state index contributed by atoms with van der Waals surface area (Å²) in [5.41, 5.74) is 3.73. The Morgan fingerprint density at radius 3 is 2.88 bits per heavy atom. The predicted molar refractivity (Wildman–Crippen MR) is 93.8 cm³/mol. The van der Waals surface area contributed by atoms with Crippen molar-refractivity contribution in [1.29, 1.82) is 0 Å². The highest BCUT2D eigenvalue weighted by Gasteiger charge is 2.18. The van der Waals surface area contributed by atoms with Crippen LogP contribution in [-0.2, 0) is 0 Å². The maximum absolute atomic E-state index is 4.47. The number of pyridine rings is 1. The van der Waals surface area contributed by atoms with Gasteiger partial charge in [0.2, 0.25) is 0 Å². The SMILES string of the molecule is Cc1n[nH]c2ncc(-c3cncnc3NC3CCN(C)CC3)cc12. The van der Waals surface area contributed by atoms with Crippen molar-refractivity contribution >= 4 is 16.9 Å². The fourth-order valence-electron chi connectivity index (χ4n) is 3.18. The van der Waals surface area contributed by atoms with Crippen molar-refractivity contribution < 1.29 is 0 Å². The molecule has 1 aliphatic rings. The lowest BCUT2D eigenvalue weighted by Crippen LogP contribution is -2.37. The van der Waals surface area contributed by atoms with Crippen LogP contribution in [0.25, 0.3) is 22.2 Å². The summed E-state index contributed by atoms with van der Waals surface area (Å²) < 4.78 is 0. The summed E-state index contributed by atoms with van der Waals surface area (Å²) in [6.45, 7) is 4.20. The highest BCUT2D eigenvalue weighted by molar-refractivity contribution is 5.85. The van der Waals surface area contributed by atoms with Gasteiger partial charge in [0.1, 0.15) is 12.1 Å². The van der Waals surface area contributed by atoms with E-state index in [2.05, 4.69) is 48.5 Å². The largest absolute Gasteiger partial charge is 0.367 e. The van der Waals surface area contributed by atoms with E-state index in [4.69, 9.17) is 0 Å². The van der Waals surface area contributed by atoms with E-state index < -0.39 is 0 Å². The number of nitrogens with one attached hydrogen (secondary N) is 2. The Morgan fingerprint density at radius 2 is 2.04 bits per heavy atom. The predicted octanol–water partition coefficient (Wildman–Crippen LogP) is 2.23. The molecule has 1 aliphatic heterocycles. The molecule has 7 heteroatoms. The van der Waals surface area contributed by atoms with E-state index in [0.717, 1.165) is 59.6 Å². The Kier molecular flexibility index (Phi) is 3.86. The van der Waals surface area contributed by atoms with E-state index >= 15 is 0 Å². The van der Waals surface area contributed by atoms with E-state index in [1.807, 2.05) is 19.3 Å². The Hall–Kier alpha value is -2.54. The molecule has 4 rings (SSSR count). The maximum atomic E-state index is 4.47. The van der Waals surface area contributed by atoms with Gasteiger partial charge in [0, 0.05) is 34.9 Å². The summed E-state index contributed by atoms with van der Waals surface area (Å²) in [7, 11) is 2.17. The molecule has 3 aromatic rings. The van der Waals surface area contributed by atoms with Crippen LogP contribution in [0.4, 0.5) is 5.82 Å². The van der Waals surface area contributed by atoms with Gasteiger partial charge in [0.05, 0.1) is 5.69 Å². The lowest BCUT2D eigenvalue weighted by Gasteiger charge is -2.30. The Bertz CT molecular complexity index is 849. The molecule has 0 spiro atoms. The van der Waals surface area contributed by atoms with E-state index in [9.17, 15) is 0 Å². The summed E-state index contributed by atoms with van der Waals surface area (Å²) in [5, 5.41) is 11.8. The second kappa shape index (κ2) is 6.16. The molecule has 1 fully saturated rings. The van der Waals surface area contributed by atoms with Gasteiger partial charge in [-0.15, -0.1) is 0 Å². The molecule has 0 amide bonds. The number of rotatable bonds is 3. The average Bonchev–Trinajstić information content (AvgIpc) is 2.98. The van der Waals surface area contributed by atoms with Crippen molar-refractivity contribution in [3.8, 4) is 11.1 Å². The average molecular weight is 323 g/mol. The number of anilines is 1. The first kappa shape index (κ1) is 15.0. The van der Waals surface area contributed by atoms with Gasteiger partial charge in [0.15, 0.2) is 5.65 Å². The van der Waals surface area contributed by atoms with Crippen molar-refractivity contribution in [2.24, 2.45) is 0 Å². The molecular weight excluding hydrogens is 302 g/mol.